The first kappa shape index (κ1) is 11.6. The van der Waals surface area contributed by atoms with Crippen LogP contribution in [0.25, 0.3) is 17.2 Å². The lowest BCUT2D eigenvalue weighted by Crippen LogP contribution is -2.22. The van der Waals surface area contributed by atoms with E-state index < -0.39 is 0 Å². The average Bonchev–Trinajstić information content (AvgIpc) is 2.30. The molecule has 3 nitrogen and oxygen atoms in total. The van der Waals surface area contributed by atoms with Crippen LogP contribution >= 0.6 is 0 Å². The predicted octanol–water partition coefficient (Wildman–Crippen LogP) is 2.67. The summed E-state index contributed by atoms with van der Waals surface area (Å²) < 4.78 is 2.09. The number of aromatic nitrogens is 2. The van der Waals surface area contributed by atoms with Crippen molar-refractivity contribution >= 4 is 17.2 Å². The van der Waals surface area contributed by atoms with Crippen molar-refractivity contribution in [2.24, 2.45) is 4.99 Å². The van der Waals surface area contributed by atoms with Crippen molar-refractivity contribution in [2.45, 2.75) is 20.8 Å². The van der Waals surface area contributed by atoms with Crippen LogP contribution in [0.3, 0.4) is 0 Å². The van der Waals surface area contributed by atoms with E-state index in [0.29, 0.717) is 0 Å². The van der Waals surface area contributed by atoms with Crippen LogP contribution in [0, 0.1) is 13.8 Å². The summed E-state index contributed by atoms with van der Waals surface area (Å²) in [6.45, 7) is 6.08. The van der Waals surface area contributed by atoms with E-state index in [0.717, 1.165) is 22.2 Å². The molecular weight excluding hydrogens is 210 g/mol. The Hall–Kier alpha value is -1.90. The van der Waals surface area contributed by atoms with Gasteiger partial charge in [-0.15, -0.1) is 0 Å². The number of allylic oxidation sites excluding steroid dienone is 1. The van der Waals surface area contributed by atoms with Crippen LogP contribution in [0.15, 0.2) is 29.3 Å². The molecule has 88 valence electrons. The molecule has 1 aromatic heterocycles. The molecule has 0 aliphatic rings. The van der Waals surface area contributed by atoms with Gasteiger partial charge in [-0.05, 0) is 38.5 Å². The highest BCUT2D eigenvalue weighted by atomic mass is 15.0. The van der Waals surface area contributed by atoms with E-state index in [4.69, 9.17) is 0 Å². The van der Waals surface area contributed by atoms with Crippen LogP contribution in [0.1, 0.15) is 18.2 Å². The largest absolute Gasteiger partial charge is 0.299 e. The van der Waals surface area contributed by atoms with Gasteiger partial charge in [0.05, 0.1) is 16.7 Å². The van der Waals surface area contributed by atoms with Gasteiger partial charge < -0.3 is 0 Å². The summed E-state index contributed by atoms with van der Waals surface area (Å²) in [4.78, 5) is 8.90. The summed E-state index contributed by atoms with van der Waals surface area (Å²) in [5.74, 6) is 0. The van der Waals surface area contributed by atoms with Gasteiger partial charge in [-0.3, -0.25) is 9.56 Å². The molecule has 0 amide bonds. The summed E-state index contributed by atoms with van der Waals surface area (Å²) in [6, 6.07) is 6.27. The van der Waals surface area contributed by atoms with E-state index in [-0.39, 0.29) is 0 Å². The van der Waals surface area contributed by atoms with Gasteiger partial charge in [0.25, 0.3) is 0 Å². The SMILES string of the molecule is C/C=C\n1c(=NC)c(C)nc2ccc(C)cc21. The molecule has 0 radical (unpaired) electrons. The van der Waals surface area contributed by atoms with E-state index in [1.807, 2.05) is 26.1 Å². The number of hydrogen-bond acceptors (Lipinski definition) is 2. The van der Waals surface area contributed by atoms with Crippen LogP contribution in [-0.2, 0) is 0 Å². The van der Waals surface area contributed by atoms with Gasteiger partial charge >= 0.3 is 0 Å². The Balaban J connectivity index is 3.00. The fraction of sp³-hybridized carbons (Fsp3) is 0.286. The summed E-state index contributed by atoms with van der Waals surface area (Å²) in [5, 5.41) is 0. The van der Waals surface area contributed by atoms with Crippen molar-refractivity contribution in [1.82, 2.24) is 9.55 Å². The number of fused-ring (bicyclic) bond motifs is 1. The third-order valence-electron chi connectivity index (χ3n) is 2.74. The highest BCUT2D eigenvalue weighted by Gasteiger charge is 2.04. The smallest absolute Gasteiger partial charge is 0.153 e. The van der Waals surface area contributed by atoms with Crippen molar-refractivity contribution < 1.29 is 0 Å². The highest BCUT2D eigenvalue weighted by molar-refractivity contribution is 5.77. The number of aryl methyl sites for hydroxylation is 2. The quantitative estimate of drug-likeness (QED) is 0.736. The van der Waals surface area contributed by atoms with Crippen LogP contribution in [0.2, 0.25) is 0 Å². The monoisotopic (exact) mass is 227 g/mol. The summed E-state index contributed by atoms with van der Waals surface area (Å²) in [5.41, 5.74) is 5.17. The van der Waals surface area contributed by atoms with Crippen LogP contribution in [-0.4, -0.2) is 16.6 Å². The molecule has 1 heterocycles. The molecule has 0 atom stereocenters. The zero-order valence-corrected chi connectivity index (χ0v) is 10.7. The van der Waals surface area contributed by atoms with E-state index in [1.165, 1.54) is 5.56 Å². The molecule has 2 aromatic rings. The maximum absolute atomic E-state index is 4.58. The third kappa shape index (κ3) is 2.00. The second kappa shape index (κ2) is 4.53. The summed E-state index contributed by atoms with van der Waals surface area (Å²) >= 11 is 0. The number of nitrogens with zero attached hydrogens (tertiary/aromatic N) is 3. The zero-order valence-electron chi connectivity index (χ0n) is 10.7. The van der Waals surface area contributed by atoms with Gasteiger partial charge in [-0.1, -0.05) is 12.1 Å². The molecule has 0 bridgehead atoms. The lowest BCUT2D eigenvalue weighted by Gasteiger charge is -2.09. The van der Waals surface area contributed by atoms with Crippen molar-refractivity contribution in [1.29, 1.82) is 0 Å². The minimum atomic E-state index is 0.904. The van der Waals surface area contributed by atoms with E-state index >= 15 is 0 Å². The van der Waals surface area contributed by atoms with Gasteiger partial charge in [-0.25, -0.2) is 4.98 Å². The second-order valence-corrected chi connectivity index (χ2v) is 4.09. The van der Waals surface area contributed by atoms with Gasteiger partial charge in [0.1, 0.15) is 0 Å². The first-order valence-corrected chi connectivity index (χ1v) is 5.72. The van der Waals surface area contributed by atoms with Gasteiger partial charge in [0.2, 0.25) is 0 Å². The second-order valence-electron chi connectivity index (χ2n) is 4.09. The molecule has 17 heavy (non-hydrogen) atoms. The first-order chi connectivity index (χ1) is 8.17. The van der Waals surface area contributed by atoms with Crippen molar-refractivity contribution in [3.8, 4) is 0 Å². The van der Waals surface area contributed by atoms with Crippen molar-refractivity contribution in [2.75, 3.05) is 7.05 Å². The molecule has 3 heteroatoms. The van der Waals surface area contributed by atoms with Gasteiger partial charge in [0, 0.05) is 13.2 Å². The fourth-order valence-corrected chi connectivity index (χ4v) is 2.01. The van der Waals surface area contributed by atoms with Crippen LogP contribution in [0.4, 0.5) is 0 Å². The number of hydrogen-bond donors (Lipinski definition) is 0. The molecule has 1 aromatic carbocycles. The normalized spacial score (nSPS) is 12.8. The van der Waals surface area contributed by atoms with Crippen LogP contribution in [0.5, 0.6) is 0 Å². The molecule has 0 unspecified atom stereocenters. The van der Waals surface area contributed by atoms with Crippen molar-refractivity contribution in [3.63, 3.8) is 0 Å². The Morgan fingerprint density at radius 3 is 2.71 bits per heavy atom. The molecule has 0 N–H and O–H groups in total. The highest BCUT2D eigenvalue weighted by Crippen LogP contribution is 2.13. The Kier molecular flexibility index (Phi) is 3.09. The van der Waals surface area contributed by atoms with E-state index in [9.17, 15) is 0 Å². The number of benzene rings is 1. The van der Waals surface area contributed by atoms with Crippen molar-refractivity contribution in [3.05, 3.63) is 41.0 Å². The predicted molar refractivity (Wildman–Crippen MR) is 71.7 cm³/mol. The lowest BCUT2D eigenvalue weighted by atomic mass is 10.2. The topological polar surface area (TPSA) is 30.2 Å². The van der Waals surface area contributed by atoms with E-state index in [2.05, 4.69) is 39.7 Å². The third-order valence-corrected chi connectivity index (χ3v) is 2.74. The molecule has 0 spiro atoms. The Labute approximate surface area is 101 Å². The summed E-state index contributed by atoms with van der Waals surface area (Å²) in [7, 11) is 1.80. The molecule has 0 fully saturated rings. The van der Waals surface area contributed by atoms with Gasteiger partial charge in [-0.2, -0.15) is 0 Å². The number of rotatable bonds is 1. The van der Waals surface area contributed by atoms with Crippen LogP contribution < -0.4 is 5.49 Å². The average molecular weight is 227 g/mol. The maximum Gasteiger partial charge on any atom is 0.153 e. The van der Waals surface area contributed by atoms with E-state index in [1.54, 1.807) is 7.05 Å². The molecule has 0 saturated carbocycles. The zero-order chi connectivity index (χ0) is 12.4. The standard InChI is InChI=1S/C14H17N3/c1-5-8-17-13-9-10(2)6-7-12(13)16-11(3)14(17)15-4/h5-9H,1-4H3/b8-5-,15-14?. The Morgan fingerprint density at radius 1 is 1.29 bits per heavy atom. The molecular formula is C14H17N3. The first-order valence-electron chi connectivity index (χ1n) is 5.72. The fourth-order valence-electron chi connectivity index (χ4n) is 2.01. The minimum Gasteiger partial charge on any atom is -0.299 e. The molecule has 0 aliphatic carbocycles. The maximum atomic E-state index is 4.58. The molecule has 0 saturated heterocycles. The molecule has 0 aliphatic heterocycles. The molecule has 2 rings (SSSR count). The Bertz CT molecular complexity index is 648. The van der Waals surface area contributed by atoms with Gasteiger partial charge in [0.15, 0.2) is 5.49 Å². The Morgan fingerprint density at radius 2 is 2.06 bits per heavy atom. The summed E-state index contributed by atoms with van der Waals surface area (Å²) in [6.07, 6.45) is 4.04. The minimum absolute atomic E-state index is 0.904. The lowest BCUT2D eigenvalue weighted by molar-refractivity contribution is 0.962.